The molecule has 0 aliphatic carbocycles. The molecule has 2 aromatic rings. The molecule has 0 heterocycles. The maximum Gasteiger partial charge on any atom is 0.418 e. The van der Waals surface area contributed by atoms with Gasteiger partial charge in [0.15, 0.2) is 5.78 Å². The van der Waals surface area contributed by atoms with E-state index in [9.17, 15) is 18.0 Å². The molecule has 0 aromatic heterocycles. The van der Waals surface area contributed by atoms with Crippen molar-refractivity contribution in [2.75, 3.05) is 5.32 Å². The van der Waals surface area contributed by atoms with E-state index < -0.39 is 11.7 Å². The fourth-order valence-electron chi connectivity index (χ4n) is 1.77. The zero-order valence-corrected chi connectivity index (χ0v) is 11.9. The van der Waals surface area contributed by atoms with Crippen LogP contribution >= 0.6 is 11.6 Å². The molecule has 0 aliphatic rings. The first kappa shape index (κ1) is 16.1. The summed E-state index contributed by atoms with van der Waals surface area (Å²) < 4.78 is 38.4. The van der Waals surface area contributed by atoms with Gasteiger partial charge < -0.3 is 5.32 Å². The molecule has 0 amide bonds. The number of rotatable bonds is 4. The number of alkyl halides is 3. The highest BCUT2D eigenvalue weighted by Crippen LogP contribution is 2.34. The minimum absolute atomic E-state index is 0.116. The fourth-order valence-corrected chi connectivity index (χ4v) is 1.90. The Hall–Kier alpha value is -2.27. The van der Waals surface area contributed by atoms with Crippen LogP contribution in [0.15, 0.2) is 60.8 Å². The molecule has 0 bridgehead atoms. The van der Waals surface area contributed by atoms with E-state index in [1.165, 1.54) is 24.4 Å². The van der Waals surface area contributed by atoms with Crippen LogP contribution in [0.2, 0.25) is 5.02 Å². The lowest BCUT2D eigenvalue weighted by Gasteiger charge is -2.11. The summed E-state index contributed by atoms with van der Waals surface area (Å²) in [6.07, 6.45) is -2.12. The van der Waals surface area contributed by atoms with E-state index in [0.717, 1.165) is 12.1 Å². The van der Waals surface area contributed by atoms with Crippen molar-refractivity contribution in [3.63, 3.8) is 0 Å². The zero-order chi connectivity index (χ0) is 16.2. The summed E-state index contributed by atoms with van der Waals surface area (Å²) in [5.74, 6) is -0.339. The van der Waals surface area contributed by atoms with E-state index >= 15 is 0 Å². The van der Waals surface area contributed by atoms with Gasteiger partial charge in [-0.25, -0.2) is 0 Å². The van der Waals surface area contributed by atoms with Crippen molar-refractivity contribution in [1.82, 2.24) is 0 Å². The number of para-hydroxylation sites is 1. The van der Waals surface area contributed by atoms with Crippen LogP contribution in [0.25, 0.3) is 0 Å². The quantitative estimate of drug-likeness (QED) is 0.621. The summed E-state index contributed by atoms with van der Waals surface area (Å²) in [6, 6.07) is 11.3. The number of carbonyl (C=O) groups is 1. The highest BCUT2D eigenvalue weighted by atomic mass is 35.5. The van der Waals surface area contributed by atoms with Crippen molar-refractivity contribution < 1.29 is 18.0 Å². The third-order valence-corrected chi connectivity index (χ3v) is 3.09. The van der Waals surface area contributed by atoms with Crippen LogP contribution in [0.4, 0.5) is 18.9 Å². The Morgan fingerprint density at radius 1 is 1.05 bits per heavy atom. The monoisotopic (exact) mass is 325 g/mol. The SMILES string of the molecule is O=C(/C=C/Nc1ccccc1C(F)(F)F)c1ccc(Cl)cc1. The normalized spacial score (nSPS) is 11.6. The van der Waals surface area contributed by atoms with E-state index in [1.54, 1.807) is 24.3 Å². The number of nitrogens with one attached hydrogen (secondary N) is 1. The molecule has 2 aromatic carbocycles. The van der Waals surface area contributed by atoms with E-state index in [0.29, 0.717) is 10.6 Å². The van der Waals surface area contributed by atoms with E-state index in [1.807, 2.05) is 0 Å². The largest absolute Gasteiger partial charge is 0.418 e. The highest BCUT2D eigenvalue weighted by Gasteiger charge is 2.32. The minimum atomic E-state index is -4.46. The lowest BCUT2D eigenvalue weighted by atomic mass is 10.1. The second kappa shape index (κ2) is 6.66. The molecule has 0 saturated heterocycles. The van der Waals surface area contributed by atoms with Crippen LogP contribution in [0.3, 0.4) is 0 Å². The molecule has 0 fully saturated rings. The molecule has 0 saturated carbocycles. The molecular weight excluding hydrogens is 315 g/mol. The van der Waals surface area contributed by atoms with Gasteiger partial charge in [-0.15, -0.1) is 0 Å². The third-order valence-electron chi connectivity index (χ3n) is 2.83. The van der Waals surface area contributed by atoms with E-state index in [-0.39, 0.29) is 11.5 Å². The smallest absolute Gasteiger partial charge is 0.361 e. The topological polar surface area (TPSA) is 29.1 Å². The second-order valence-electron chi connectivity index (χ2n) is 4.39. The van der Waals surface area contributed by atoms with Gasteiger partial charge in [0.1, 0.15) is 0 Å². The van der Waals surface area contributed by atoms with Crippen LogP contribution < -0.4 is 5.32 Å². The molecule has 114 valence electrons. The van der Waals surface area contributed by atoms with Gasteiger partial charge in [0.05, 0.1) is 11.3 Å². The highest BCUT2D eigenvalue weighted by molar-refractivity contribution is 6.30. The lowest BCUT2D eigenvalue weighted by molar-refractivity contribution is -0.136. The van der Waals surface area contributed by atoms with Crippen molar-refractivity contribution in [1.29, 1.82) is 0 Å². The van der Waals surface area contributed by atoms with Crippen LogP contribution in [-0.4, -0.2) is 5.78 Å². The number of anilines is 1. The van der Waals surface area contributed by atoms with Crippen LogP contribution in [0.1, 0.15) is 15.9 Å². The number of carbonyl (C=O) groups excluding carboxylic acids is 1. The van der Waals surface area contributed by atoms with Crippen LogP contribution in [0, 0.1) is 0 Å². The Labute approximate surface area is 130 Å². The number of allylic oxidation sites excluding steroid dienone is 1. The summed E-state index contributed by atoms with van der Waals surface area (Å²) in [5, 5.41) is 2.98. The average Bonchev–Trinajstić information content (AvgIpc) is 2.47. The Bertz CT molecular complexity index is 693. The Balaban J connectivity index is 2.10. The summed E-state index contributed by atoms with van der Waals surface area (Å²) in [5.41, 5.74) is -0.514. The van der Waals surface area contributed by atoms with Gasteiger partial charge >= 0.3 is 6.18 Å². The molecule has 6 heteroatoms. The van der Waals surface area contributed by atoms with Crippen molar-refractivity contribution >= 4 is 23.1 Å². The Morgan fingerprint density at radius 3 is 2.32 bits per heavy atom. The van der Waals surface area contributed by atoms with Gasteiger partial charge in [0.25, 0.3) is 0 Å². The molecule has 0 atom stereocenters. The predicted octanol–water partition coefficient (Wildman–Crippen LogP) is 5.17. The third kappa shape index (κ3) is 4.11. The van der Waals surface area contributed by atoms with E-state index in [4.69, 9.17) is 11.6 Å². The lowest BCUT2D eigenvalue weighted by Crippen LogP contribution is -2.08. The molecule has 0 spiro atoms. The molecule has 22 heavy (non-hydrogen) atoms. The number of benzene rings is 2. The first-order valence-electron chi connectivity index (χ1n) is 6.27. The van der Waals surface area contributed by atoms with Gasteiger partial charge in [-0.2, -0.15) is 13.2 Å². The molecule has 0 unspecified atom stereocenters. The molecule has 2 nitrogen and oxygen atoms in total. The first-order valence-corrected chi connectivity index (χ1v) is 6.65. The number of halogens is 4. The van der Waals surface area contributed by atoms with Crippen molar-refractivity contribution in [2.24, 2.45) is 0 Å². The summed E-state index contributed by atoms with van der Waals surface area (Å²) in [6.45, 7) is 0. The number of hydrogen-bond acceptors (Lipinski definition) is 2. The summed E-state index contributed by atoms with van der Waals surface area (Å²) in [4.78, 5) is 11.8. The second-order valence-corrected chi connectivity index (χ2v) is 4.83. The molecular formula is C16H11ClF3NO. The van der Waals surface area contributed by atoms with E-state index in [2.05, 4.69) is 5.32 Å². The van der Waals surface area contributed by atoms with Crippen LogP contribution in [-0.2, 0) is 6.18 Å². The van der Waals surface area contributed by atoms with Gasteiger partial charge in [0, 0.05) is 22.9 Å². The average molecular weight is 326 g/mol. The standard InChI is InChI=1S/C16H11ClF3NO/c17-12-7-5-11(6-8-12)15(22)9-10-21-14-4-2-1-3-13(14)16(18,19)20/h1-10,21H/b10-9+. The maximum absolute atomic E-state index is 12.8. The number of ketones is 1. The molecule has 2 rings (SSSR count). The maximum atomic E-state index is 12.8. The Kier molecular flexibility index (Phi) is 4.88. The van der Waals surface area contributed by atoms with Gasteiger partial charge in [0.2, 0.25) is 0 Å². The first-order chi connectivity index (χ1) is 10.4. The summed E-state index contributed by atoms with van der Waals surface area (Å²) >= 11 is 5.71. The summed E-state index contributed by atoms with van der Waals surface area (Å²) in [7, 11) is 0. The fraction of sp³-hybridized carbons (Fsp3) is 0.0625. The van der Waals surface area contributed by atoms with Crippen molar-refractivity contribution in [3.05, 3.63) is 77.0 Å². The van der Waals surface area contributed by atoms with Crippen LogP contribution in [0.5, 0.6) is 0 Å². The van der Waals surface area contributed by atoms with Crippen molar-refractivity contribution in [2.45, 2.75) is 6.18 Å². The zero-order valence-electron chi connectivity index (χ0n) is 11.2. The minimum Gasteiger partial charge on any atom is -0.361 e. The van der Waals surface area contributed by atoms with Gasteiger partial charge in [-0.05, 0) is 36.4 Å². The molecule has 0 radical (unpaired) electrons. The molecule has 0 aliphatic heterocycles. The Morgan fingerprint density at radius 2 is 1.68 bits per heavy atom. The predicted molar refractivity (Wildman–Crippen MR) is 80.0 cm³/mol. The van der Waals surface area contributed by atoms with Gasteiger partial charge in [-0.1, -0.05) is 23.7 Å². The van der Waals surface area contributed by atoms with Crippen molar-refractivity contribution in [3.8, 4) is 0 Å². The molecule has 1 N–H and O–H groups in total. The number of hydrogen-bond donors (Lipinski definition) is 1. The van der Waals surface area contributed by atoms with Gasteiger partial charge in [-0.3, -0.25) is 4.79 Å².